The summed E-state index contributed by atoms with van der Waals surface area (Å²) in [5.74, 6) is 0. The molecule has 3 aromatic rings. The van der Waals surface area contributed by atoms with Crippen molar-refractivity contribution in [2.75, 3.05) is 12.8 Å². The fourth-order valence-corrected chi connectivity index (χ4v) is 3.70. The van der Waals surface area contributed by atoms with Gasteiger partial charge in [-0.05, 0) is 33.9 Å². The highest BCUT2D eigenvalue weighted by molar-refractivity contribution is 5.81. The Hall–Kier alpha value is -3.27. The smallest absolute Gasteiger partial charge is 0.410 e. The van der Waals surface area contributed by atoms with Gasteiger partial charge in [0.05, 0.1) is 19.7 Å². The Labute approximate surface area is 152 Å². The van der Waals surface area contributed by atoms with Crippen molar-refractivity contribution in [3.63, 3.8) is 0 Å². The maximum absolute atomic E-state index is 12.7. The molecule has 0 aliphatic heterocycles. The number of carbonyl (C=O) groups excluding carboxylic acids is 1. The van der Waals surface area contributed by atoms with Crippen LogP contribution in [0.3, 0.4) is 0 Å². The van der Waals surface area contributed by atoms with Gasteiger partial charge in [-0.3, -0.25) is 4.90 Å². The summed E-state index contributed by atoms with van der Waals surface area (Å²) in [4.78, 5) is 14.4. The van der Waals surface area contributed by atoms with Crippen LogP contribution in [0.25, 0.3) is 11.1 Å². The third-order valence-corrected chi connectivity index (χ3v) is 4.92. The number of anilines is 1. The zero-order valence-electron chi connectivity index (χ0n) is 14.6. The molecule has 4 rings (SSSR count). The Kier molecular flexibility index (Phi) is 4.09. The minimum atomic E-state index is -0.371. The van der Waals surface area contributed by atoms with Gasteiger partial charge in [0, 0.05) is 5.69 Å². The highest BCUT2D eigenvalue weighted by Gasteiger charge is 2.35. The van der Waals surface area contributed by atoms with Crippen LogP contribution in [0, 0.1) is 0 Å². The molecule has 0 saturated heterocycles. The molecule has 26 heavy (non-hydrogen) atoms. The molecule has 2 N–H and O–H groups in total. The van der Waals surface area contributed by atoms with Crippen molar-refractivity contribution in [2.45, 2.75) is 12.6 Å². The van der Waals surface area contributed by atoms with E-state index in [1.165, 1.54) is 7.11 Å². The summed E-state index contributed by atoms with van der Waals surface area (Å²) < 4.78 is 5.11. The van der Waals surface area contributed by atoms with E-state index < -0.39 is 0 Å². The van der Waals surface area contributed by atoms with Gasteiger partial charge in [-0.2, -0.15) is 0 Å². The van der Waals surface area contributed by atoms with Gasteiger partial charge in [0.15, 0.2) is 0 Å². The molecule has 0 saturated carbocycles. The Morgan fingerprint density at radius 2 is 1.46 bits per heavy atom. The quantitative estimate of drug-likeness (QED) is 0.706. The van der Waals surface area contributed by atoms with E-state index in [-0.39, 0.29) is 12.1 Å². The van der Waals surface area contributed by atoms with Crippen LogP contribution < -0.4 is 5.73 Å². The predicted molar refractivity (Wildman–Crippen MR) is 103 cm³/mol. The number of hydrogen-bond acceptors (Lipinski definition) is 3. The highest BCUT2D eigenvalue weighted by atomic mass is 16.5. The first-order chi connectivity index (χ1) is 12.7. The number of nitrogens with two attached hydrogens (primary N) is 1. The van der Waals surface area contributed by atoms with Gasteiger partial charge < -0.3 is 10.5 Å². The molecule has 0 spiro atoms. The lowest BCUT2D eigenvalue weighted by atomic mass is 10.0. The molecule has 4 heteroatoms. The summed E-state index contributed by atoms with van der Waals surface area (Å²) in [6, 6.07) is 23.8. The molecule has 3 aromatic carbocycles. The molecule has 0 heterocycles. The molecule has 0 aromatic heterocycles. The Morgan fingerprint density at radius 1 is 0.923 bits per heavy atom. The number of hydrogen-bond donors (Lipinski definition) is 1. The van der Waals surface area contributed by atoms with Crippen LogP contribution in [0.1, 0.15) is 22.7 Å². The third-order valence-electron chi connectivity index (χ3n) is 4.92. The fourth-order valence-electron chi connectivity index (χ4n) is 3.70. The van der Waals surface area contributed by atoms with Gasteiger partial charge in [0.25, 0.3) is 0 Å². The molecule has 4 nitrogen and oxygen atoms in total. The van der Waals surface area contributed by atoms with Crippen molar-refractivity contribution in [3.8, 4) is 11.1 Å². The molecule has 1 aliphatic rings. The first-order valence-electron chi connectivity index (χ1n) is 8.57. The molecule has 0 bridgehead atoms. The van der Waals surface area contributed by atoms with Crippen molar-refractivity contribution >= 4 is 11.8 Å². The molecule has 130 valence electrons. The topological polar surface area (TPSA) is 55.6 Å². The van der Waals surface area contributed by atoms with Crippen LogP contribution in [-0.4, -0.2) is 18.1 Å². The lowest BCUT2D eigenvalue weighted by Crippen LogP contribution is -2.34. The Bertz CT molecular complexity index is 922. The van der Waals surface area contributed by atoms with Crippen LogP contribution >= 0.6 is 0 Å². The molecule has 0 fully saturated rings. The van der Waals surface area contributed by atoms with E-state index in [2.05, 4.69) is 24.3 Å². The molecule has 0 atom stereocenters. The number of amides is 1. The minimum absolute atomic E-state index is 0.200. The average Bonchev–Trinajstić information content (AvgIpc) is 3.01. The van der Waals surface area contributed by atoms with Gasteiger partial charge in [-0.25, -0.2) is 4.79 Å². The van der Waals surface area contributed by atoms with Gasteiger partial charge in [-0.1, -0.05) is 66.7 Å². The van der Waals surface area contributed by atoms with Crippen molar-refractivity contribution in [2.24, 2.45) is 0 Å². The predicted octanol–water partition coefficient (Wildman–Crippen LogP) is 4.61. The largest absolute Gasteiger partial charge is 0.453 e. The zero-order valence-corrected chi connectivity index (χ0v) is 14.6. The Balaban J connectivity index is 1.84. The van der Waals surface area contributed by atoms with Crippen LogP contribution in [-0.2, 0) is 11.3 Å². The number of nitrogen functional groups attached to an aromatic ring is 1. The summed E-state index contributed by atoms with van der Waals surface area (Å²) >= 11 is 0. The number of methoxy groups -OCH3 is 1. The van der Waals surface area contributed by atoms with Gasteiger partial charge in [-0.15, -0.1) is 0 Å². The monoisotopic (exact) mass is 344 g/mol. The van der Waals surface area contributed by atoms with Crippen LogP contribution in [0.5, 0.6) is 0 Å². The minimum Gasteiger partial charge on any atom is -0.453 e. The van der Waals surface area contributed by atoms with Crippen LogP contribution in [0.2, 0.25) is 0 Å². The number of fused-ring (bicyclic) bond motifs is 3. The normalized spacial score (nSPS) is 12.3. The first-order valence-corrected chi connectivity index (χ1v) is 8.57. The maximum atomic E-state index is 12.7. The van der Waals surface area contributed by atoms with E-state index in [9.17, 15) is 4.79 Å². The molecular formula is C22H20N2O2. The number of benzene rings is 3. The zero-order chi connectivity index (χ0) is 18.1. The number of para-hydroxylation sites is 1. The van der Waals surface area contributed by atoms with Crippen LogP contribution in [0.15, 0.2) is 72.8 Å². The number of ether oxygens (including phenoxy) is 1. The molecular weight excluding hydrogens is 324 g/mol. The van der Waals surface area contributed by atoms with E-state index in [4.69, 9.17) is 10.5 Å². The summed E-state index contributed by atoms with van der Waals surface area (Å²) in [6.07, 6.45) is -0.371. The number of carbonyl (C=O) groups is 1. The highest BCUT2D eigenvalue weighted by Crippen LogP contribution is 2.46. The lowest BCUT2D eigenvalue weighted by molar-refractivity contribution is 0.109. The summed E-state index contributed by atoms with van der Waals surface area (Å²) in [5.41, 5.74) is 12.2. The fraction of sp³-hybridized carbons (Fsp3) is 0.136. The molecule has 1 amide bonds. The standard InChI is InChI=1S/C22H20N2O2/c1-26-22(25)24(14-15-8-2-7-13-20(15)23)21-18-11-5-3-9-16(18)17-10-4-6-12-19(17)21/h2-13,21H,14,23H2,1H3. The lowest BCUT2D eigenvalue weighted by Gasteiger charge is -2.29. The molecule has 0 unspecified atom stereocenters. The maximum Gasteiger partial charge on any atom is 0.410 e. The van der Waals surface area contributed by atoms with Crippen molar-refractivity contribution in [1.29, 1.82) is 0 Å². The van der Waals surface area contributed by atoms with E-state index >= 15 is 0 Å². The van der Waals surface area contributed by atoms with Gasteiger partial charge in [0.1, 0.15) is 0 Å². The van der Waals surface area contributed by atoms with E-state index in [0.29, 0.717) is 12.2 Å². The average molecular weight is 344 g/mol. The number of rotatable bonds is 3. The second kappa shape index (κ2) is 6.56. The third kappa shape index (κ3) is 2.60. The van der Waals surface area contributed by atoms with Gasteiger partial charge in [0.2, 0.25) is 0 Å². The van der Waals surface area contributed by atoms with E-state index in [1.54, 1.807) is 4.90 Å². The second-order valence-corrected chi connectivity index (χ2v) is 6.37. The van der Waals surface area contributed by atoms with Crippen LogP contribution in [0.4, 0.5) is 10.5 Å². The van der Waals surface area contributed by atoms with Crippen molar-refractivity contribution in [1.82, 2.24) is 4.90 Å². The second-order valence-electron chi connectivity index (χ2n) is 6.37. The number of nitrogens with zero attached hydrogens (tertiary/aromatic N) is 1. The van der Waals surface area contributed by atoms with Crippen molar-refractivity contribution < 1.29 is 9.53 Å². The molecule has 0 radical (unpaired) electrons. The van der Waals surface area contributed by atoms with Crippen molar-refractivity contribution in [3.05, 3.63) is 89.5 Å². The summed E-state index contributed by atoms with van der Waals surface area (Å²) in [6.45, 7) is 0.382. The summed E-state index contributed by atoms with van der Waals surface area (Å²) in [5, 5.41) is 0. The Morgan fingerprint density at radius 3 is 2.04 bits per heavy atom. The van der Waals surface area contributed by atoms with Gasteiger partial charge >= 0.3 is 6.09 Å². The first kappa shape index (κ1) is 16.2. The molecule has 1 aliphatic carbocycles. The van der Waals surface area contributed by atoms with E-state index in [0.717, 1.165) is 27.8 Å². The van der Waals surface area contributed by atoms with E-state index in [1.807, 2.05) is 48.5 Å². The summed E-state index contributed by atoms with van der Waals surface area (Å²) in [7, 11) is 1.41. The SMILES string of the molecule is COC(=O)N(Cc1ccccc1N)C1c2ccccc2-c2ccccc21.